The molecule has 0 fully saturated rings. The second kappa shape index (κ2) is 4.89. The molecule has 2 aromatic rings. The van der Waals surface area contributed by atoms with Crippen molar-refractivity contribution in [2.75, 3.05) is 18.5 Å². The number of aromatic nitrogens is 1. The third-order valence-corrected chi connectivity index (χ3v) is 2.93. The molecule has 2 rings (SSSR count). The summed E-state index contributed by atoms with van der Waals surface area (Å²) in [6.07, 6.45) is 0. The molecule has 0 atom stereocenters. The van der Waals surface area contributed by atoms with Crippen LogP contribution in [0.4, 0.5) is 5.82 Å². The summed E-state index contributed by atoms with van der Waals surface area (Å²) in [7, 11) is 2.02. The first kappa shape index (κ1) is 13.4. The van der Waals surface area contributed by atoms with Crippen molar-refractivity contribution in [2.45, 2.75) is 20.8 Å². The number of rotatable bonds is 2. The number of hydrogen-bond donors (Lipinski definition) is 0. The lowest BCUT2D eigenvalue weighted by Crippen LogP contribution is -2.29. The van der Waals surface area contributed by atoms with Crippen LogP contribution in [-0.2, 0) is 0 Å². The molecule has 3 nitrogen and oxygen atoms in total. The quantitative estimate of drug-likeness (QED) is 0.821. The van der Waals surface area contributed by atoms with Gasteiger partial charge in [-0.25, -0.2) is 4.98 Å². The second-order valence-corrected chi connectivity index (χ2v) is 6.07. The molecule has 1 aromatic heterocycles. The van der Waals surface area contributed by atoms with Gasteiger partial charge in [0.15, 0.2) is 0 Å². The summed E-state index contributed by atoms with van der Waals surface area (Å²) in [5, 5.41) is 10.2. The van der Waals surface area contributed by atoms with Gasteiger partial charge in [0.25, 0.3) is 0 Å². The highest BCUT2D eigenvalue weighted by molar-refractivity contribution is 5.86. The van der Waals surface area contributed by atoms with Crippen molar-refractivity contribution in [3.63, 3.8) is 0 Å². The molecule has 0 N–H and O–H groups in total. The molecule has 19 heavy (non-hydrogen) atoms. The van der Waals surface area contributed by atoms with Crippen LogP contribution >= 0.6 is 0 Å². The van der Waals surface area contributed by atoms with E-state index in [0.29, 0.717) is 5.56 Å². The fourth-order valence-electron chi connectivity index (χ4n) is 2.24. The Morgan fingerprint density at radius 2 is 1.95 bits per heavy atom. The minimum atomic E-state index is 0.189. The van der Waals surface area contributed by atoms with Crippen molar-refractivity contribution < 1.29 is 0 Å². The van der Waals surface area contributed by atoms with Gasteiger partial charge in [-0.05, 0) is 17.5 Å². The summed E-state index contributed by atoms with van der Waals surface area (Å²) in [6.45, 7) is 7.46. The largest absolute Gasteiger partial charge is 0.359 e. The molecule has 0 amide bonds. The maximum Gasteiger partial charge on any atom is 0.130 e. The molecule has 98 valence electrons. The van der Waals surface area contributed by atoms with Gasteiger partial charge in [0, 0.05) is 19.0 Å². The Morgan fingerprint density at radius 1 is 1.26 bits per heavy atom. The van der Waals surface area contributed by atoms with Gasteiger partial charge in [-0.2, -0.15) is 5.26 Å². The molecule has 0 aliphatic rings. The molecular weight excluding hydrogens is 234 g/mol. The van der Waals surface area contributed by atoms with E-state index in [1.807, 2.05) is 37.4 Å². The normalized spacial score (nSPS) is 11.3. The van der Waals surface area contributed by atoms with Gasteiger partial charge >= 0.3 is 0 Å². The van der Waals surface area contributed by atoms with Crippen molar-refractivity contribution in [3.8, 4) is 6.07 Å². The zero-order chi connectivity index (χ0) is 14.0. The number of benzene rings is 1. The Hall–Kier alpha value is -2.08. The Bertz CT molecular complexity index is 632. The predicted octanol–water partition coefficient (Wildman–Crippen LogP) is 3.59. The Morgan fingerprint density at radius 3 is 2.58 bits per heavy atom. The van der Waals surface area contributed by atoms with E-state index in [4.69, 9.17) is 0 Å². The molecule has 1 aromatic carbocycles. The van der Waals surface area contributed by atoms with Crippen LogP contribution in [0, 0.1) is 16.7 Å². The molecule has 0 radical (unpaired) electrons. The lowest BCUT2D eigenvalue weighted by Gasteiger charge is -2.27. The van der Waals surface area contributed by atoms with Crippen LogP contribution in [0.1, 0.15) is 26.3 Å². The van der Waals surface area contributed by atoms with Crippen LogP contribution in [-0.4, -0.2) is 18.6 Å². The highest BCUT2D eigenvalue weighted by Gasteiger charge is 2.16. The molecule has 0 aliphatic heterocycles. The van der Waals surface area contributed by atoms with Crippen molar-refractivity contribution in [3.05, 3.63) is 35.9 Å². The van der Waals surface area contributed by atoms with E-state index >= 15 is 0 Å². The average molecular weight is 253 g/mol. The van der Waals surface area contributed by atoms with E-state index in [0.717, 1.165) is 23.3 Å². The number of anilines is 1. The molecule has 0 saturated heterocycles. The molecule has 0 aliphatic carbocycles. The monoisotopic (exact) mass is 253 g/mol. The van der Waals surface area contributed by atoms with Crippen molar-refractivity contribution in [1.29, 1.82) is 5.26 Å². The highest BCUT2D eigenvalue weighted by atomic mass is 15.2. The number of pyridine rings is 1. The second-order valence-electron chi connectivity index (χ2n) is 6.07. The minimum absolute atomic E-state index is 0.189. The SMILES string of the molecule is CN(CC(C)(C)C)c1cc(C#N)c2ccccc2n1. The van der Waals surface area contributed by atoms with Crippen LogP contribution < -0.4 is 4.90 Å². The van der Waals surface area contributed by atoms with Gasteiger partial charge in [-0.1, -0.05) is 39.0 Å². The van der Waals surface area contributed by atoms with Crippen molar-refractivity contribution >= 4 is 16.7 Å². The summed E-state index contributed by atoms with van der Waals surface area (Å²) >= 11 is 0. The smallest absolute Gasteiger partial charge is 0.130 e. The zero-order valence-corrected chi connectivity index (χ0v) is 11.9. The van der Waals surface area contributed by atoms with Gasteiger partial charge in [-0.3, -0.25) is 0 Å². The average Bonchev–Trinajstić information content (AvgIpc) is 2.35. The maximum absolute atomic E-state index is 9.28. The fourth-order valence-corrected chi connectivity index (χ4v) is 2.24. The summed E-state index contributed by atoms with van der Waals surface area (Å²) in [4.78, 5) is 6.75. The van der Waals surface area contributed by atoms with Crippen LogP contribution in [0.3, 0.4) is 0 Å². The predicted molar refractivity (Wildman–Crippen MR) is 79.2 cm³/mol. The van der Waals surface area contributed by atoms with E-state index in [9.17, 15) is 5.26 Å². The molecular formula is C16H19N3. The van der Waals surface area contributed by atoms with E-state index in [2.05, 4.69) is 36.7 Å². The topological polar surface area (TPSA) is 39.9 Å². The third kappa shape index (κ3) is 3.03. The molecule has 0 spiro atoms. The lowest BCUT2D eigenvalue weighted by atomic mass is 9.96. The third-order valence-electron chi connectivity index (χ3n) is 2.93. The first-order valence-electron chi connectivity index (χ1n) is 6.42. The van der Waals surface area contributed by atoms with Crippen molar-refractivity contribution in [2.24, 2.45) is 5.41 Å². The van der Waals surface area contributed by atoms with Gasteiger partial charge in [0.2, 0.25) is 0 Å². The Balaban J connectivity index is 2.48. The van der Waals surface area contributed by atoms with Gasteiger partial charge in [0.1, 0.15) is 5.82 Å². The maximum atomic E-state index is 9.28. The number of nitrogens with zero attached hydrogens (tertiary/aromatic N) is 3. The highest BCUT2D eigenvalue weighted by Crippen LogP contribution is 2.24. The van der Waals surface area contributed by atoms with Crippen LogP contribution in [0.2, 0.25) is 0 Å². The van der Waals surface area contributed by atoms with Crippen LogP contribution in [0.15, 0.2) is 30.3 Å². The van der Waals surface area contributed by atoms with Gasteiger partial charge in [0.05, 0.1) is 17.1 Å². The van der Waals surface area contributed by atoms with E-state index in [1.54, 1.807) is 0 Å². The number of fused-ring (bicyclic) bond motifs is 1. The summed E-state index contributed by atoms with van der Waals surface area (Å²) < 4.78 is 0. The number of hydrogen-bond acceptors (Lipinski definition) is 3. The zero-order valence-electron chi connectivity index (χ0n) is 11.9. The standard InChI is InChI=1S/C16H19N3/c1-16(2,3)11-19(4)15-9-12(10-17)13-7-5-6-8-14(13)18-15/h5-9H,11H2,1-4H3. The van der Waals surface area contributed by atoms with Gasteiger partial charge in [-0.15, -0.1) is 0 Å². The van der Waals surface area contributed by atoms with E-state index in [1.165, 1.54) is 0 Å². The Kier molecular flexibility index (Phi) is 3.44. The summed E-state index contributed by atoms with van der Waals surface area (Å²) in [6, 6.07) is 11.9. The first-order valence-corrected chi connectivity index (χ1v) is 6.42. The first-order chi connectivity index (χ1) is 8.90. The number of para-hydroxylation sites is 1. The summed E-state index contributed by atoms with van der Waals surface area (Å²) in [5.41, 5.74) is 1.74. The molecule has 3 heteroatoms. The van der Waals surface area contributed by atoms with Crippen molar-refractivity contribution in [1.82, 2.24) is 4.98 Å². The molecule has 0 bridgehead atoms. The van der Waals surface area contributed by atoms with E-state index in [-0.39, 0.29) is 5.41 Å². The van der Waals surface area contributed by atoms with Gasteiger partial charge < -0.3 is 4.90 Å². The number of nitriles is 1. The molecule has 0 saturated carbocycles. The lowest BCUT2D eigenvalue weighted by molar-refractivity contribution is 0.418. The fraction of sp³-hybridized carbons (Fsp3) is 0.375. The minimum Gasteiger partial charge on any atom is -0.359 e. The molecule has 0 unspecified atom stereocenters. The van der Waals surface area contributed by atoms with Crippen LogP contribution in [0.5, 0.6) is 0 Å². The van der Waals surface area contributed by atoms with Crippen LogP contribution in [0.25, 0.3) is 10.9 Å². The molecule has 1 heterocycles. The van der Waals surface area contributed by atoms with E-state index < -0.39 is 0 Å². The summed E-state index contributed by atoms with van der Waals surface area (Å²) in [5.74, 6) is 0.852. The Labute approximate surface area is 114 Å².